The van der Waals surface area contributed by atoms with E-state index < -0.39 is 155 Å². The zero-order chi connectivity index (χ0) is 86.2. The van der Waals surface area contributed by atoms with E-state index >= 15 is 28.8 Å². The standard InChI is InChI=1S/C90H150N6O18/c1-28-31-42-88(70(97)109-64-49-76(4,5)91(103)77(6,7)50-64,71(98)110-65-51-78(8,9)92(104)79(10,11)52-65)45-34-37-61-40-41-62(38-35-46-89(43-32-29-2,72(99)111-66-53-80(12,13)93(105)81(14,15)54-66)73(100)112-67-55-82(16,17)94(106)83(18,19)56-67)63(48-61)39-36-47-90(44-33-30-3,74(101)113-68-57-84(20,21)95(107)85(22,23)58-68)75(102)114-69-59-86(24,25)96(108)87(26,27)60-69/h40-41,48,64-69H,28-39,42-47,49-60H2,1-27H3. The Kier molecular flexibility index (Phi) is 30.3. The maximum Gasteiger partial charge on any atom is 0.323 e. The van der Waals surface area contributed by atoms with Crippen LogP contribution in [0.5, 0.6) is 0 Å². The molecule has 6 saturated heterocycles. The number of piperidine rings is 6. The van der Waals surface area contributed by atoms with Crippen molar-refractivity contribution in [3.8, 4) is 0 Å². The van der Waals surface area contributed by atoms with Gasteiger partial charge in [-0.2, -0.15) is 0 Å². The molecule has 0 atom stereocenters. The van der Waals surface area contributed by atoms with Crippen LogP contribution in [0, 0.1) is 16.2 Å². The average Bonchev–Trinajstić information content (AvgIpc) is 0.773. The normalized spacial score (nSPS) is 24.5. The molecule has 0 spiro atoms. The number of hydrogen-bond donors (Lipinski definition) is 0. The SMILES string of the molecule is CCCCC(CCCc1ccc(CCCC(CCCC)(C(=O)OC2CC(C)(C)N([O])C(C)(C)C2)C(=O)OC2CC(C)(C)N([O])C(C)(C)C2)c(CCCC(CCCC)(C(=O)OC2CC(C)(C)N([O])C(C)(C)C2)C(=O)OC2CC(C)(C)N([O])C(C)(C)C2)c1)(C(=O)OC1CC(C)(C)N([O])C(C)(C)C1)C(=O)OC1CC(C)(C)N([O])C(C)(C)C1. The number of ether oxygens (including phenoxy) is 6. The molecule has 0 aromatic heterocycles. The van der Waals surface area contributed by atoms with Crippen molar-refractivity contribution in [3.63, 3.8) is 0 Å². The highest BCUT2D eigenvalue weighted by Gasteiger charge is 2.60. The van der Waals surface area contributed by atoms with Gasteiger partial charge in [0.2, 0.25) is 0 Å². The molecule has 114 heavy (non-hydrogen) atoms. The number of carbonyl (C=O) groups is 6. The van der Waals surface area contributed by atoms with Crippen molar-refractivity contribution in [2.75, 3.05) is 0 Å². The Labute approximate surface area is 685 Å². The molecule has 24 heteroatoms. The van der Waals surface area contributed by atoms with E-state index in [1.165, 1.54) is 0 Å². The molecule has 0 N–H and O–H groups in total. The Morgan fingerprint density at radius 3 is 0.623 bits per heavy atom. The summed E-state index contributed by atoms with van der Waals surface area (Å²) < 4.78 is 39.6. The van der Waals surface area contributed by atoms with Crippen LogP contribution < -0.4 is 0 Å². The summed E-state index contributed by atoms with van der Waals surface area (Å²) in [5.74, 6) is -4.36. The van der Waals surface area contributed by atoms with Crippen LogP contribution in [0.1, 0.15) is 377 Å². The van der Waals surface area contributed by atoms with Gasteiger partial charge in [0, 0.05) is 144 Å². The van der Waals surface area contributed by atoms with E-state index in [2.05, 4.69) is 6.07 Å². The largest absolute Gasteiger partial charge is 0.461 e. The van der Waals surface area contributed by atoms with Gasteiger partial charge in [-0.15, -0.1) is 61.6 Å². The van der Waals surface area contributed by atoms with Crippen LogP contribution in [0.15, 0.2) is 18.2 Å². The highest BCUT2D eigenvalue weighted by Crippen LogP contribution is 2.50. The van der Waals surface area contributed by atoms with Crippen LogP contribution in [-0.4, -0.2) is 169 Å². The number of unbranched alkanes of at least 4 members (excludes halogenated alkanes) is 3. The van der Waals surface area contributed by atoms with Crippen molar-refractivity contribution < 1.29 is 88.4 Å². The Morgan fingerprint density at radius 2 is 0.439 bits per heavy atom. The Bertz CT molecular complexity index is 3210. The number of esters is 6. The molecule has 6 heterocycles. The molecule has 1 aromatic rings. The summed E-state index contributed by atoms with van der Waals surface area (Å²) in [5.41, 5.74) is -13.8. The Hall–Kier alpha value is -4.44. The van der Waals surface area contributed by atoms with Gasteiger partial charge >= 0.3 is 35.8 Å². The van der Waals surface area contributed by atoms with E-state index in [9.17, 15) is 31.2 Å². The number of nitrogens with zero attached hydrogens (tertiary/aromatic N) is 6. The minimum absolute atomic E-state index is 0.00381. The Morgan fingerprint density at radius 1 is 0.272 bits per heavy atom. The molecule has 0 bridgehead atoms. The van der Waals surface area contributed by atoms with Gasteiger partial charge < -0.3 is 28.4 Å². The number of aryl methyl sites for hydroxylation is 3. The van der Waals surface area contributed by atoms with Crippen LogP contribution in [0.25, 0.3) is 0 Å². The summed E-state index contributed by atoms with van der Waals surface area (Å²) in [6, 6.07) is 6.10. The second kappa shape index (κ2) is 35.7. The number of hydrogen-bond acceptors (Lipinski definition) is 18. The second-order valence-electron chi connectivity index (χ2n) is 43.3. The summed E-state index contributed by atoms with van der Waals surface area (Å²) in [4.78, 5) is 94.1. The smallest absolute Gasteiger partial charge is 0.323 e. The highest BCUT2D eigenvalue weighted by atomic mass is 16.6. The summed E-state index contributed by atoms with van der Waals surface area (Å²) in [5, 5.41) is 88.7. The molecule has 1 aromatic carbocycles. The fourth-order valence-electron chi connectivity index (χ4n) is 21.5. The van der Waals surface area contributed by atoms with Crippen LogP contribution in [0.2, 0.25) is 0 Å². The lowest BCUT2D eigenvalue weighted by molar-refractivity contribution is -0.301. The van der Waals surface area contributed by atoms with Gasteiger partial charge in [0.1, 0.15) is 36.6 Å². The van der Waals surface area contributed by atoms with Gasteiger partial charge in [-0.3, -0.25) is 28.8 Å². The van der Waals surface area contributed by atoms with Crippen molar-refractivity contribution in [1.29, 1.82) is 0 Å². The maximum atomic E-state index is 15.8. The minimum atomic E-state index is -1.84. The summed E-state index contributed by atoms with van der Waals surface area (Å²) in [7, 11) is 0. The Balaban J connectivity index is 1.34. The zero-order valence-corrected chi connectivity index (χ0v) is 75.4. The number of benzene rings is 1. The maximum absolute atomic E-state index is 15.8. The first kappa shape index (κ1) is 96.7. The van der Waals surface area contributed by atoms with Crippen molar-refractivity contribution in [1.82, 2.24) is 30.4 Å². The number of rotatable bonds is 33. The summed E-state index contributed by atoms with van der Waals surface area (Å²) in [6.07, 6.45) is 3.77. The van der Waals surface area contributed by atoms with E-state index in [0.717, 1.165) is 47.1 Å². The highest BCUT2D eigenvalue weighted by molar-refractivity contribution is 6.01. The molecule has 0 unspecified atom stereocenters. The lowest BCUT2D eigenvalue weighted by atomic mass is 9.75. The monoisotopic (exact) mass is 1600 g/mol. The molecule has 6 aliphatic rings. The molecule has 0 amide bonds. The second-order valence-corrected chi connectivity index (χ2v) is 43.3. The van der Waals surface area contributed by atoms with Crippen molar-refractivity contribution in [3.05, 3.63) is 34.9 Å². The van der Waals surface area contributed by atoms with E-state index in [1.807, 2.05) is 199 Å². The molecule has 6 radical (unpaired) electrons. The lowest BCUT2D eigenvalue weighted by Gasteiger charge is -2.50. The molecule has 24 nitrogen and oxygen atoms in total. The fourth-order valence-corrected chi connectivity index (χ4v) is 21.5. The first-order valence-corrected chi connectivity index (χ1v) is 43.3. The lowest BCUT2D eigenvalue weighted by Crippen LogP contribution is -2.61. The zero-order valence-electron chi connectivity index (χ0n) is 75.4. The molecule has 0 aliphatic carbocycles. The van der Waals surface area contributed by atoms with Gasteiger partial charge in [0.25, 0.3) is 0 Å². The molecule has 6 aliphatic heterocycles. The van der Waals surface area contributed by atoms with Gasteiger partial charge in [-0.1, -0.05) is 77.5 Å². The van der Waals surface area contributed by atoms with Crippen LogP contribution in [0.4, 0.5) is 0 Å². The van der Waals surface area contributed by atoms with Gasteiger partial charge in [-0.25, -0.2) is 0 Å². The number of hydroxylamine groups is 12. The third-order valence-corrected chi connectivity index (χ3v) is 26.6. The predicted molar refractivity (Wildman–Crippen MR) is 430 cm³/mol. The van der Waals surface area contributed by atoms with Crippen LogP contribution >= 0.6 is 0 Å². The molecule has 0 saturated carbocycles. The van der Waals surface area contributed by atoms with Gasteiger partial charge in [0.15, 0.2) is 16.2 Å². The topological polar surface area (TPSA) is 297 Å². The van der Waals surface area contributed by atoms with Crippen LogP contribution in [0.3, 0.4) is 0 Å². The molecule has 7 rings (SSSR count). The molecule has 6 fully saturated rings. The molecular weight excluding hydrogens is 1450 g/mol. The van der Waals surface area contributed by atoms with E-state index in [4.69, 9.17) is 28.4 Å². The third kappa shape index (κ3) is 21.8. The summed E-state index contributed by atoms with van der Waals surface area (Å²) in [6.45, 7) is 49.7. The van der Waals surface area contributed by atoms with Gasteiger partial charge in [-0.05, 0) is 260 Å². The predicted octanol–water partition coefficient (Wildman–Crippen LogP) is 17.6. The van der Waals surface area contributed by atoms with Gasteiger partial charge in [0.05, 0.1) is 0 Å². The van der Waals surface area contributed by atoms with Crippen molar-refractivity contribution >= 4 is 35.8 Å². The fraction of sp³-hybridized carbons (Fsp3) is 0.867. The van der Waals surface area contributed by atoms with Crippen molar-refractivity contribution in [2.45, 2.75) is 483 Å². The first-order chi connectivity index (χ1) is 52.1. The van der Waals surface area contributed by atoms with Crippen LogP contribution in [-0.2, 0) is 108 Å². The minimum Gasteiger partial charge on any atom is -0.461 e. The first-order valence-electron chi connectivity index (χ1n) is 43.3. The van der Waals surface area contributed by atoms with E-state index in [0.29, 0.717) is 64.2 Å². The molecular formula is C90H150N6O18. The third-order valence-electron chi connectivity index (χ3n) is 26.6. The van der Waals surface area contributed by atoms with E-state index in [-0.39, 0.29) is 128 Å². The number of carbonyl (C=O) groups excluding carboxylic acids is 6. The summed E-state index contributed by atoms with van der Waals surface area (Å²) >= 11 is 0. The molecule has 648 valence electrons. The van der Waals surface area contributed by atoms with E-state index in [1.54, 1.807) is 0 Å². The quantitative estimate of drug-likeness (QED) is 0.0359. The average molecular weight is 1600 g/mol. The van der Waals surface area contributed by atoms with Crippen molar-refractivity contribution in [2.24, 2.45) is 16.2 Å².